The number of sulfonamides is 1. The highest BCUT2D eigenvalue weighted by molar-refractivity contribution is 9.11. The van der Waals surface area contributed by atoms with Crippen LogP contribution in [-0.4, -0.2) is 13.4 Å². The molecule has 0 fully saturated rings. The minimum atomic E-state index is -3.55. The SMILES string of the molecule is Cc1nc(Cl)sc1S(=O)(=O)NCc1ccc(Br)s1. The van der Waals surface area contributed by atoms with Gasteiger partial charge in [-0.05, 0) is 35.0 Å². The number of hydrogen-bond acceptors (Lipinski definition) is 5. The summed E-state index contributed by atoms with van der Waals surface area (Å²) in [4.78, 5) is 4.83. The van der Waals surface area contributed by atoms with Gasteiger partial charge in [0.15, 0.2) is 8.68 Å². The molecule has 0 saturated carbocycles. The predicted molar refractivity (Wildman–Crippen MR) is 77.9 cm³/mol. The Hall–Kier alpha value is 0.01000. The molecular weight excluding hydrogens is 380 g/mol. The minimum absolute atomic E-state index is 0.170. The highest BCUT2D eigenvalue weighted by atomic mass is 79.9. The standard InChI is InChI=1S/C9H8BrClN2O2S3/c1-5-8(17-9(11)13-5)18(14,15)12-4-6-2-3-7(10)16-6/h2-3,12H,4H2,1H3. The average molecular weight is 388 g/mol. The van der Waals surface area contributed by atoms with Crippen LogP contribution < -0.4 is 4.72 Å². The smallest absolute Gasteiger partial charge is 0.229 e. The first kappa shape index (κ1) is 14.4. The van der Waals surface area contributed by atoms with Crippen molar-refractivity contribution < 1.29 is 8.42 Å². The van der Waals surface area contributed by atoms with Gasteiger partial charge in [-0.3, -0.25) is 0 Å². The molecule has 1 N–H and O–H groups in total. The van der Waals surface area contributed by atoms with Crippen LogP contribution in [0.5, 0.6) is 0 Å². The van der Waals surface area contributed by atoms with Crippen LogP contribution in [0.4, 0.5) is 0 Å². The molecule has 2 rings (SSSR count). The summed E-state index contributed by atoms with van der Waals surface area (Å²) in [7, 11) is -3.55. The Morgan fingerprint density at radius 3 is 2.67 bits per heavy atom. The Kier molecular flexibility index (Phi) is 4.45. The molecule has 0 spiro atoms. The van der Waals surface area contributed by atoms with Crippen LogP contribution >= 0.6 is 50.2 Å². The van der Waals surface area contributed by atoms with Crippen molar-refractivity contribution in [3.8, 4) is 0 Å². The fourth-order valence-corrected chi connectivity index (χ4v) is 5.58. The lowest BCUT2D eigenvalue weighted by Gasteiger charge is -2.03. The van der Waals surface area contributed by atoms with Gasteiger partial charge in [-0.25, -0.2) is 18.1 Å². The Bertz CT molecular complexity index is 665. The third-order valence-corrected chi connectivity index (χ3v) is 6.93. The van der Waals surface area contributed by atoms with Crippen LogP contribution in [0.15, 0.2) is 20.1 Å². The number of halogens is 2. The molecule has 0 radical (unpaired) electrons. The zero-order valence-electron chi connectivity index (χ0n) is 9.11. The van der Waals surface area contributed by atoms with E-state index in [9.17, 15) is 8.42 Å². The molecule has 9 heteroatoms. The minimum Gasteiger partial charge on any atom is -0.229 e. The molecule has 0 aliphatic heterocycles. The number of nitrogens with one attached hydrogen (secondary N) is 1. The lowest BCUT2D eigenvalue weighted by molar-refractivity contribution is 0.583. The highest BCUT2D eigenvalue weighted by Crippen LogP contribution is 2.27. The van der Waals surface area contributed by atoms with Crippen LogP contribution in [0.3, 0.4) is 0 Å². The van der Waals surface area contributed by atoms with Crippen LogP contribution in [-0.2, 0) is 16.6 Å². The lowest BCUT2D eigenvalue weighted by Crippen LogP contribution is -2.22. The molecular formula is C9H8BrClN2O2S3. The number of aromatic nitrogens is 1. The summed E-state index contributed by atoms with van der Waals surface area (Å²) in [5, 5.41) is 0. The molecule has 0 saturated heterocycles. The van der Waals surface area contributed by atoms with Crippen LogP contribution in [0, 0.1) is 6.92 Å². The summed E-state index contributed by atoms with van der Waals surface area (Å²) in [6.45, 7) is 1.88. The molecule has 4 nitrogen and oxygen atoms in total. The van der Waals surface area contributed by atoms with E-state index in [1.54, 1.807) is 6.92 Å². The maximum Gasteiger partial charge on any atom is 0.252 e. The van der Waals surface area contributed by atoms with Gasteiger partial charge in [0, 0.05) is 11.4 Å². The van der Waals surface area contributed by atoms with Gasteiger partial charge in [0.2, 0.25) is 0 Å². The normalized spacial score (nSPS) is 11.9. The molecule has 2 heterocycles. The molecule has 0 unspecified atom stereocenters. The van der Waals surface area contributed by atoms with Crippen molar-refractivity contribution in [3.63, 3.8) is 0 Å². The van der Waals surface area contributed by atoms with Gasteiger partial charge in [-0.2, -0.15) is 0 Å². The summed E-state index contributed by atoms with van der Waals surface area (Å²) in [6, 6.07) is 3.74. The van der Waals surface area contributed by atoms with E-state index in [1.165, 1.54) is 11.3 Å². The second-order valence-electron chi connectivity index (χ2n) is 3.37. The van der Waals surface area contributed by atoms with Crippen molar-refractivity contribution in [3.05, 3.63) is 31.0 Å². The Labute approximate surface area is 126 Å². The second kappa shape index (κ2) is 5.56. The van der Waals surface area contributed by atoms with E-state index in [4.69, 9.17) is 11.6 Å². The number of nitrogens with zero attached hydrogens (tertiary/aromatic N) is 1. The summed E-state index contributed by atoms with van der Waals surface area (Å²) in [6.07, 6.45) is 0. The van der Waals surface area contributed by atoms with Crippen molar-refractivity contribution in [2.75, 3.05) is 0 Å². The Morgan fingerprint density at radius 2 is 2.17 bits per heavy atom. The molecule has 2 aromatic heterocycles. The molecule has 0 bridgehead atoms. The van der Waals surface area contributed by atoms with Gasteiger partial charge in [-0.15, -0.1) is 11.3 Å². The molecule has 0 atom stereocenters. The third-order valence-electron chi connectivity index (χ3n) is 2.04. The van der Waals surface area contributed by atoms with Crippen molar-refractivity contribution in [2.45, 2.75) is 17.7 Å². The fourth-order valence-electron chi connectivity index (χ4n) is 1.28. The lowest BCUT2D eigenvalue weighted by atomic mass is 10.5. The topological polar surface area (TPSA) is 59.1 Å². The Balaban J connectivity index is 2.15. The second-order valence-corrected chi connectivity index (χ2v) is 9.46. The van der Waals surface area contributed by atoms with Crippen molar-refractivity contribution in [1.29, 1.82) is 0 Å². The molecule has 0 amide bonds. The van der Waals surface area contributed by atoms with Crippen molar-refractivity contribution in [1.82, 2.24) is 9.71 Å². The predicted octanol–water partition coefficient (Wildman–Crippen LogP) is 3.41. The quantitative estimate of drug-likeness (QED) is 0.874. The van der Waals surface area contributed by atoms with Gasteiger partial charge in [0.1, 0.15) is 0 Å². The molecule has 0 aliphatic carbocycles. The van der Waals surface area contributed by atoms with Crippen LogP contribution in [0.1, 0.15) is 10.6 Å². The van der Waals surface area contributed by atoms with E-state index in [2.05, 4.69) is 25.6 Å². The molecule has 98 valence electrons. The first-order chi connectivity index (χ1) is 8.38. The molecule has 18 heavy (non-hydrogen) atoms. The first-order valence-electron chi connectivity index (χ1n) is 4.75. The third kappa shape index (κ3) is 3.31. The van der Waals surface area contributed by atoms with Gasteiger partial charge in [0.25, 0.3) is 10.0 Å². The number of hydrogen-bond donors (Lipinski definition) is 1. The molecule has 0 aliphatic rings. The average Bonchev–Trinajstić information content (AvgIpc) is 2.82. The number of rotatable bonds is 4. The fraction of sp³-hybridized carbons (Fsp3) is 0.222. The van der Waals surface area contributed by atoms with Crippen LogP contribution in [0.2, 0.25) is 4.47 Å². The van der Waals surface area contributed by atoms with Crippen LogP contribution in [0.25, 0.3) is 0 Å². The molecule has 0 aromatic carbocycles. The van der Waals surface area contributed by atoms with E-state index in [0.29, 0.717) is 5.69 Å². The van der Waals surface area contributed by atoms with E-state index in [1.807, 2.05) is 12.1 Å². The largest absolute Gasteiger partial charge is 0.252 e. The molecule has 2 aromatic rings. The van der Waals surface area contributed by atoms with Gasteiger partial charge in [-0.1, -0.05) is 22.9 Å². The Morgan fingerprint density at radius 1 is 1.44 bits per heavy atom. The number of aryl methyl sites for hydroxylation is 1. The first-order valence-corrected chi connectivity index (χ1v) is 9.04. The monoisotopic (exact) mass is 386 g/mol. The maximum absolute atomic E-state index is 12.0. The van der Waals surface area contributed by atoms with Gasteiger partial charge >= 0.3 is 0 Å². The summed E-state index contributed by atoms with van der Waals surface area (Å²) in [5.41, 5.74) is 0.421. The summed E-state index contributed by atoms with van der Waals surface area (Å²) >= 11 is 11.5. The zero-order chi connectivity index (χ0) is 13.3. The van der Waals surface area contributed by atoms with Gasteiger partial charge < -0.3 is 0 Å². The zero-order valence-corrected chi connectivity index (χ0v) is 13.9. The van der Waals surface area contributed by atoms with Crippen molar-refractivity contribution in [2.24, 2.45) is 0 Å². The summed E-state index contributed by atoms with van der Waals surface area (Å²) < 4.78 is 28.0. The number of thiophene rings is 1. The van der Waals surface area contributed by atoms with Gasteiger partial charge in [0.05, 0.1) is 9.48 Å². The van der Waals surface area contributed by atoms with E-state index < -0.39 is 10.0 Å². The van der Waals surface area contributed by atoms with E-state index in [0.717, 1.165) is 20.0 Å². The van der Waals surface area contributed by atoms with E-state index in [-0.39, 0.29) is 15.2 Å². The summed E-state index contributed by atoms with van der Waals surface area (Å²) in [5.74, 6) is 0. The van der Waals surface area contributed by atoms with Crippen molar-refractivity contribution >= 4 is 60.2 Å². The highest BCUT2D eigenvalue weighted by Gasteiger charge is 2.21. The maximum atomic E-state index is 12.0. The van der Waals surface area contributed by atoms with E-state index >= 15 is 0 Å². The number of thiazole rings is 1.